The fourth-order valence-electron chi connectivity index (χ4n) is 8.86. The first kappa shape index (κ1) is 32.3. The number of fused-ring (bicyclic) bond motifs is 9. The number of nitrogens with one attached hydrogen (secondary N) is 2. The number of nitrogens with zero attached hydrogens (tertiary/aromatic N) is 2. The van der Waals surface area contributed by atoms with Crippen molar-refractivity contribution in [2.24, 2.45) is 4.99 Å². The molecule has 12 rings (SSSR count). The first-order valence-corrected chi connectivity index (χ1v) is 20.2. The number of para-hydroxylation sites is 3. The van der Waals surface area contributed by atoms with Gasteiger partial charge in [-0.05, 0) is 58.7 Å². The minimum atomic E-state index is -0.195. The minimum Gasteiger partial charge on any atom is -0.454 e. The third-order valence-corrected chi connectivity index (χ3v) is 12.8. The van der Waals surface area contributed by atoms with Crippen molar-refractivity contribution >= 4 is 81.1 Å². The van der Waals surface area contributed by atoms with Gasteiger partial charge in [-0.25, -0.2) is 4.99 Å². The molecule has 11 aromatic rings. The molecule has 0 spiro atoms. The van der Waals surface area contributed by atoms with Gasteiger partial charge in [0.05, 0.1) is 16.7 Å². The Hall–Kier alpha value is -6.99. The van der Waals surface area contributed by atoms with Gasteiger partial charge in [-0.15, -0.1) is 11.3 Å². The van der Waals surface area contributed by atoms with Crippen LogP contribution in [0.25, 0.3) is 80.7 Å². The number of furan rings is 1. The fourth-order valence-corrected chi connectivity index (χ4v) is 10.2. The number of benzene rings is 8. The molecule has 8 aromatic carbocycles. The van der Waals surface area contributed by atoms with Crippen LogP contribution in [0.15, 0.2) is 191 Å². The number of thiophene rings is 1. The molecule has 4 heterocycles. The lowest BCUT2D eigenvalue weighted by Crippen LogP contribution is -2.44. The highest BCUT2D eigenvalue weighted by Crippen LogP contribution is 2.44. The highest BCUT2D eigenvalue weighted by molar-refractivity contribution is 7.26. The third kappa shape index (κ3) is 5.08. The monoisotopic (exact) mass is 750 g/mol. The lowest BCUT2D eigenvalue weighted by atomic mass is 10.0. The Morgan fingerprint density at radius 1 is 0.509 bits per heavy atom. The molecule has 270 valence electrons. The Kier molecular flexibility index (Phi) is 7.24. The van der Waals surface area contributed by atoms with E-state index in [9.17, 15) is 0 Å². The van der Waals surface area contributed by atoms with Crippen molar-refractivity contribution in [3.05, 3.63) is 199 Å². The van der Waals surface area contributed by atoms with Gasteiger partial charge in [0.25, 0.3) is 0 Å². The Balaban J connectivity index is 0.995. The van der Waals surface area contributed by atoms with Gasteiger partial charge in [-0.1, -0.05) is 146 Å². The maximum absolute atomic E-state index is 6.88. The summed E-state index contributed by atoms with van der Waals surface area (Å²) in [6, 6.07) is 64.7. The van der Waals surface area contributed by atoms with Crippen LogP contribution in [0.1, 0.15) is 29.0 Å². The predicted octanol–water partition coefficient (Wildman–Crippen LogP) is 13.1. The van der Waals surface area contributed by atoms with Crippen LogP contribution in [-0.4, -0.2) is 10.4 Å². The number of hydrogen-bond acceptors (Lipinski definition) is 5. The number of rotatable bonds is 5. The summed E-state index contributed by atoms with van der Waals surface area (Å²) in [6.45, 7) is 0. The largest absolute Gasteiger partial charge is 0.454 e. The van der Waals surface area contributed by atoms with Gasteiger partial charge in [-0.2, -0.15) is 0 Å². The van der Waals surface area contributed by atoms with Crippen LogP contribution >= 0.6 is 11.3 Å². The molecule has 6 heteroatoms. The molecule has 2 N–H and O–H groups in total. The van der Waals surface area contributed by atoms with Crippen LogP contribution in [-0.2, 0) is 0 Å². The SMILES string of the molecule is c1ccc(C2N=C(c3cccc4c3sc3c(-c5ccc6c(c5)oc5c(-n7c8ccccc8c8ccccc87)cccc56)cccc34)NC(c3ccccc3)N2)cc1. The van der Waals surface area contributed by atoms with E-state index in [4.69, 9.17) is 9.41 Å². The summed E-state index contributed by atoms with van der Waals surface area (Å²) in [7, 11) is 0. The maximum Gasteiger partial charge on any atom is 0.159 e. The van der Waals surface area contributed by atoms with Crippen molar-refractivity contribution in [1.29, 1.82) is 0 Å². The van der Waals surface area contributed by atoms with E-state index in [0.717, 1.165) is 50.2 Å². The molecule has 3 aromatic heterocycles. The molecule has 0 saturated carbocycles. The first-order chi connectivity index (χ1) is 28.3. The fraction of sp³-hybridized carbons (Fsp3) is 0.0392. The van der Waals surface area contributed by atoms with Gasteiger partial charge in [0.15, 0.2) is 5.58 Å². The van der Waals surface area contributed by atoms with Crippen LogP contribution < -0.4 is 10.6 Å². The van der Waals surface area contributed by atoms with Gasteiger partial charge < -0.3 is 14.3 Å². The van der Waals surface area contributed by atoms with E-state index in [1.807, 2.05) is 11.3 Å². The van der Waals surface area contributed by atoms with Crippen molar-refractivity contribution in [3.63, 3.8) is 0 Å². The smallest absolute Gasteiger partial charge is 0.159 e. The van der Waals surface area contributed by atoms with Gasteiger partial charge in [0, 0.05) is 47.3 Å². The molecule has 1 aliphatic heterocycles. The Bertz CT molecular complexity index is 3320. The first-order valence-electron chi connectivity index (χ1n) is 19.4. The maximum atomic E-state index is 6.88. The van der Waals surface area contributed by atoms with Crippen molar-refractivity contribution in [2.75, 3.05) is 0 Å². The van der Waals surface area contributed by atoms with Crippen molar-refractivity contribution in [1.82, 2.24) is 15.2 Å². The molecule has 0 aliphatic carbocycles. The van der Waals surface area contributed by atoms with Crippen molar-refractivity contribution < 1.29 is 4.42 Å². The Morgan fingerprint density at radius 3 is 1.84 bits per heavy atom. The highest BCUT2D eigenvalue weighted by Gasteiger charge is 2.27. The van der Waals surface area contributed by atoms with Crippen LogP contribution in [0.4, 0.5) is 0 Å². The molecule has 0 radical (unpaired) electrons. The minimum absolute atomic E-state index is 0.102. The zero-order valence-electron chi connectivity index (χ0n) is 30.7. The summed E-state index contributed by atoms with van der Waals surface area (Å²) in [6.07, 6.45) is -0.297. The van der Waals surface area contributed by atoms with E-state index in [1.54, 1.807) is 0 Å². The zero-order chi connectivity index (χ0) is 37.5. The number of aliphatic imine (C=N–C) groups is 1. The molecule has 0 fully saturated rings. The average molecular weight is 751 g/mol. The van der Waals surface area contributed by atoms with E-state index >= 15 is 0 Å². The molecular weight excluding hydrogens is 717 g/mol. The lowest BCUT2D eigenvalue weighted by Gasteiger charge is -2.32. The van der Waals surface area contributed by atoms with Crippen molar-refractivity contribution in [2.45, 2.75) is 12.3 Å². The zero-order valence-corrected chi connectivity index (χ0v) is 31.5. The van der Waals surface area contributed by atoms with Crippen LogP contribution in [0, 0.1) is 0 Å². The normalized spacial score (nSPS) is 15.9. The topological polar surface area (TPSA) is 54.5 Å². The summed E-state index contributed by atoms with van der Waals surface area (Å²) in [5, 5.41) is 14.7. The summed E-state index contributed by atoms with van der Waals surface area (Å²) in [5.74, 6) is 0.887. The van der Waals surface area contributed by atoms with Crippen molar-refractivity contribution in [3.8, 4) is 16.8 Å². The molecular formula is C51H34N4OS. The van der Waals surface area contributed by atoms with Gasteiger partial charge in [0.1, 0.15) is 23.8 Å². The Morgan fingerprint density at radius 2 is 1.11 bits per heavy atom. The highest BCUT2D eigenvalue weighted by atomic mass is 32.1. The molecule has 57 heavy (non-hydrogen) atoms. The quantitative estimate of drug-likeness (QED) is 0.184. The predicted molar refractivity (Wildman–Crippen MR) is 238 cm³/mol. The Labute approximate surface area is 332 Å². The summed E-state index contributed by atoms with van der Waals surface area (Å²) < 4.78 is 11.7. The van der Waals surface area contributed by atoms with E-state index in [2.05, 4.69) is 197 Å². The summed E-state index contributed by atoms with van der Waals surface area (Å²) >= 11 is 1.84. The van der Waals surface area contributed by atoms with Gasteiger partial charge in [0.2, 0.25) is 0 Å². The average Bonchev–Trinajstić information content (AvgIpc) is 3.96. The van der Waals surface area contributed by atoms with Crippen LogP contribution in [0.2, 0.25) is 0 Å². The molecule has 2 unspecified atom stereocenters. The van der Waals surface area contributed by atoms with E-state index < -0.39 is 0 Å². The second-order valence-electron chi connectivity index (χ2n) is 14.7. The third-order valence-electron chi connectivity index (χ3n) is 11.5. The summed E-state index contributed by atoms with van der Waals surface area (Å²) in [4.78, 5) is 5.30. The lowest BCUT2D eigenvalue weighted by molar-refractivity contribution is 0.409. The van der Waals surface area contributed by atoms with E-state index in [0.29, 0.717) is 0 Å². The molecule has 1 aliphatic rings. The molecule has 0 amide bonds. The second-order valence-corrected chi connectivity index (χ2v) is 15.8. The van der Waals surface area contributed by atoms with Crippen LogP contribution in [0.5, 0.6) is 0 Å². The molecule has 2 atom stereocenters. The molecule has 5 nitrogen and oxygen atoms in total. The van der Waals surface area contributed by atoms with E-state index in [-0.39, 0.29) is 12.3 Å². The second kappa shape index (κ2) is 12.8. The van der Waals surface area contributed by atoms with Gasteiger partial charge >= 0.3 is 0 Å². The summed E-state index contributed by atoms with van der Waals surface area (Å²) in [5.41, 5.74) is 10.9. The number of amidine groups is 1. The molecule has 0 bridgehead atoms. The number of hydrogen-bond donors (Lipinski definition) is 2. The standard InChI is InChI=1S/C51H34N4OS/c1-3-14-31(15-4-1)49-52-50(32-16-5-2-6-17-32)54-51(53-49)41-24-12-23-40-39-22-11-20-34(47(39)57-48(40)41)33-28-29-37-38-21-13-27-44(46(38)56-45(37)30-33)55-42-25-9-7-18-35(42)36-19-8-10-26-43(36)55/h1-30,49-50,52H,(H,53,54). The van der Waals surface area contributed by atoms with Crippen LogP contribution in [0.3, 0.4) is 0 Å². The van der Waals surface area contributed by atoms with Gasteiger partial charge in [-0.3, -0.25) is 5.32 Å². The number of aromatic nitrogens is 1. The van der Waals surface area contributed by atoms with E-state index in [1.165, 1.54) is 53.1 Å². The molecule has 0 saturated heterocycles.